The fraction of sp³-hybridized carbons (Fsp3) is 0.562. The predicted molar refractivity (Wildman–Crippen MR) is 81.5 cm³/mol. The van der Waals surface area contributed by atoms with E-state index in [-0.39, 0.29) is 12.4 Å². The maximum atomic E-state index is 13.4. The van der Waals surface area contributed by atoms with E-state index in [1.807, 2.05) is 0 Å². The monoisotopic (exact) mass is 367 g/mol. The first kappa shape index (κ1) is 18.8. The minimum absolute atomic E-state index is 0.0267. The van der Waals surface area contributed by atoms with Crippen molar-refractivity contribution in [2.75, 3.05) is 6.61 Å². The minimum Gasteiger partial charge on any atom is -0.488 e. The van der Waals surface area contributed by atoms with Crippen molar-refractivity contribution in [2.24, 2.45) is 5.41 Å². The molecule has 1 N–H and O–H groups in total. The van der Waals surface area contributed by atoms with Gasteiger partial charge in [0.2, 0.25) is 5.91 Å². The molecule has 1 amide bonds. The number of carbonyl (C=O) groups excluding carboxylic acids is 1. The molecule has 24 heavy (non-hydrogen) atoms. The summed E-state index contributed by atoms with van der Waals surface area (Å²) in [5.74, 6) is -1.74. The van der Waals surface area contributed by atoms with Crippen LogP contribution in [0.25, 0.3) is 0 Å². The van der Waals surface area contributed by atoms with Gasteiger partial charge >= 0.3 is 6.18 Å². The number of alkyl halides is 4. The number of ether oxygens (including phenoxy) is 1. The second kappa shape index (κ2) is 6.43. The quantitative estimate of drug-likeness (QED) is 0.630. The first-order valence-electron chi connectivity index (χ1n) is 7.41. The van der Waals surface area contributed by atoms with Gasteiger partial charge in [-0.05, 0) is 38.8 Å². The molecule has 0 spiro atoms. The highest BCUT2D eigenvalue weighted by molar-refractivity contribution is 6.25. The summed E-state index contributed by atoms with van der Waals surface area (Å²) in [4.78, 5) is 11.1. The highest BCUT2D eigenvalue weighted by Gasteiger charge is 2.70. The van der Waals surface area contributed by atoms with Crippen LogP contribution < -0.4 is 10.1 Å². The van der Waals surface area contributed by atoms with Gasteiger partial charge in [0.1, 0.15) is 12.0 Å². The van der Waals surface area contributed by atoms with Gasteiger partial charge in [0.05, 0.1) is 6.04 Å². The molecule has 2 rings (SSSR count). The Morgan fingerprint density at radius 1 is 1.38 bits per heavy atom. The number of nitrogens with one attached hydrogen (secondary N) is 1. The first-order chi connectivity index (χ1) is 11.0. The van der Waals surface area contributed by atoms with Gasteiger partial charge in [-0.15, -0.1) is 11.6 Å². The molecule has 0 saturated heterocycles. The summed E-state index contributed by atoms with van der Waals surface area (Å²) in [7, 11) is 0. The van der Waals surface area contributed by atoms with Crippen molar-refractivity contribution in [1.82, 2.24) is 5.32 Å². The standard InChI is InChI=1S/C16H18ClF4NO2/c1-10(7-24-12-6-4-3-5-11(12)18)22-13(23)15(16(19,20)21)8-14(2,17)9-15/h3-6,10H,7-9H2,1-2H3,(H,22,23)/t10?,14-,15+. The molecule has 0 radical (unpaired) electrons. The van der Waals surface area contributed by atoms with Gasteiger partial charge in [0, 0.05) is 4.87 Å². The van der Waals surface area contributed by atoms with Crippen LogP contribution in [0.2, 0.25) is 0 Å². The van der Waals surface area contributed by atoms with E-state index in [1.54, 1.807) is 6.07 Å². The van der Waals surface area contributed by atoms with E-state index < -0.39 is 47.1 Å². The van der Waals surface area contributed by atoms with Gasteiger partial charge in [-0.3, -0.25) is 4.79 Å². The van der Waals surface area contributed by atoms with E-state index in [0.29, 0.717) is 0 Å². The molecule has 1 saturated carbocycles. The molecular weight excluding hydrogens is 350 g/mol. The van der Waals surface area contributed by atoms with Crippen molar-refractivity contribution in [1.29, 1.82) is 0 Å². The first-order valence-corrected chi connectivity index (χ1v) is 7.79. The lowest BCUT2D eigenvalue weighted by molar-refractivity contribution is -0.249. The van der Waals surface area contributed by atoms with Gasteiger partial charge in [-0.1, -0.05) is 12.1 Å². The minimum atomic E-state index is -4.68. The number of hydrogen-bond acceptors (Lipinski definition) is 2. The topological polar surface area (TPSA) is 38.3 Å². The normalized spacial score (nSPS) is 28.0. The van der Waals surface area contributed by atoms with Crippen LogP contribution in [0, 0.1) is 11.2 Å². The Morgan fingerprint density at radius 2 is 1.96 bits per heavy atom. The summed E-state index contributed by atoms with van der Waals surface area (Å²) in [6, 6.07) is 4.92. The van der Waals surface area contributed by atoms with Crippen LogP contribution in [0.4, 0.5) is 17.6 Å². The number of carbonyl (C=O) groups is 1. The van der Waals surface area contributed by atoms with Crippen LogP contribution in [-0.2, 0) is 4.79 Å². The zero-order chi connectivity index (χ0) is 18.2. The smallest absolute Gasteiger partial charge is 0.403 e. The zero-order valence-electron chi connectivity index (χ0n) is 13.2. The van der Waals surface area contributed by atoms with Crippen LogP contribution >= 0.6 is 11.6 Å². The predicted octanol–water partition coefficient (Wildman–Crippen LogP) is 4.05. The molecule has 0 aliphatic heterocycles. The Balaban J connectivity index is 1.97. The lowest BCUT2D eigenvalue weighted by atomic mass is 9.60. The summed E-state index contributed by atoms with van der Waals surface area (Å²) in [5, 5.41) is 2.29. The fourth-order valence-corrected chi connectivity index (χ4v) is 3.33. The van der Waals surface area contributed by atoms with Crippen LogP contribution in [0.15, 0.2) is 24.3 Å². The third-order valence-electron chi connectivity index (χ3n) is 4.02. The zero-order valence-corrected chi connectivity index (χ0v) is 14.0. The van der Waals surface area contributed by atoms with Gasteiger partial charge in [0.25, 0.3) is 0 Å². The van der Waals surface area contributed by atoms with Gasteiger partial charge in [-0.2, -0.15) is 13.2 Å². The van der Waals surface area contributed by atoms with Gasteiger partial charge in [0.15, 0.2) is 11.6 Å². The molecule has 0 heterocycles. The van der Waals surface area contributed by atoms with Crippen molar-refractivity contribution in [3.8, 4) is 5.75 Å². The fourth-order valence-electron chi connectivity index (χ4n) is 2.88. The molecular formula is C16H18ClF4NO2. The Morgan fingerprint density at radius 3 is 2.46 bits per heavy atom. The average molecular weight is 368 g/mol. The number of rotatable bonds is 5. The lowest BCUT2D eigenvalue weighted by Crippen LogP contribution is -2.63. The van der Waals surface area contributed by atoms with E-state index in [1.165, 1.54) is 32.0 Å². The van der Waals surface area contributed by atoms with Crippen molar-refractivity contribution in [2.45, 2.75) is 43.8 Å². The summed E-state index contributed by atoms with van der Waals surface area (Å²) < 4.78 is 58.5. The molecule has 1 aromatic rings. The molecule has 1 atom stereocenters. The number of halogens is 5. The Hall–Kier alpha value is -1.50. The average Bonchev–Trinajstić information content (AvgIpc) is 2.42. The molecule has 1 unspecified atom stereocenters. The maximum Gasteiger partial charge on any atom is 0.403 e. The van der Waals surface area contributed by atoms with Crippen LogP contribution in [0.1, 0.15) is 26.7 Å². The number of para-hydroxylation sites is 1. The molecule has 1 aliphatic carbocycles. The van der Waals surface area contributed by atoms with E-state index in [4.69, 9.17) is 16.3 Å². The number of amides is 1. The highest BCUT2D eigenvalue weighted by atomic mass is 35.5. The number of benzene rings is 1. The largest absolute Gasteiger partial charge is 0.488 e. The van der Waals surface area contributed by atoms with Crippen LogP contribution in [0.3, 0.4) is 0 Å². The molecule has 1 aromatic carbocycles. The van der Waals surface area contributed by atoms with E-state index >= 15 is 0 Å². The van der Waals surface area contributed by atoms with Crippen LogP contribution in [0.5, 0.6) is 5.75 Å². The lowest BCUT2D eigenvalue weighted by Gasteiger charge is -2.50. The van der Waals surface area contributed by atoms with E-state index in [9.17, 15) is 22.4 Å². The third-order valence-corrected chi connectivity index (χ3v) is 4.29. The van der Waals surface area contributed by atoms with Gasteiger partial charge in [-0.25, -0.2) is 4.39 Å². The van der Waals surface area contributed by atoms with E-state index in [2.05, 4.69) is 5.32 Å². The highest BCUT2D eigenvalue weighted by Crippen LogP contribution is 2.60. The molecule has 0 aromatic heterocycles. The van der Waals surface area contributed by atoms with E-state index in [0.717, 1.165) is 0 Å². The van der Waals surface area contributed by atoms with Crippen molar-refractivity contribution in [3.05, 3.63) is 30.1 Å². The second-order valence-corrected chi connectivity index (χ2v) is 7.38. The summed E-state index contributed by atoms with van der Waals surface area (Å²) in [6.45, 7) is 2.80. The van der Waals surface area contributed by atoms with Crippen molar-refractivity contribution < 1.29 is 27.1 Å². The molecule has 8 heteroatoms. The van der Waals surface area contributed by atoms with Gasteiger partial charge < -0.3 is 10.1 Å². The summed E-state index contributed by atoms with van der Waals surface area (Å²) in [5.41, 5.74) is -2.48. The third kappa shape index (κ3) is 3.77. The van der Waals surface area contributed by atoms with Crippen molar-refractivity contribution >= 4 is 17.5 Å². The summed E-state index contributed by atoms with van der Waals surface area (Å²) >= 11 is 5.89. The molecule has 3 nitrogen and oxygen atoms in total. The Kier molecular flexibility index (Phi) is 5.04. The summed E-state index contributed by atoms with van der Waals surface area (Å²) in [6.07, 6.45) is -5.63. The number of hydrogen-bond donors (Lipinski definition) is 1. The molecule has 134 valence electrons. The molecule has 0 bridgehead atoms. The Labute approximate surface area is 142 Å². The maximum absolute atomic E-state index is 13.4. The second-order valence-electron chi connectivity index (χ2n) is 6.46. The van der Waals surface area contributed by atoms with Crippen molar-refractivity contribution in [3.63, 3.8) is 0 Å². The Bertz CT molecular complexity index is 610. The molecule has 1 aliphatic rings. The van der Waals surface area contributed by atoms with Crippen LogP contribution in [-0.4, -0.2) is 29.6 Å². The molecule has 1 fully saturated rings. The SMILES string of the molecule is CC(COc1ccccc1F)NC(=O)[C@]1(C(F)(F)F)C[C@@](C)(Cl)C1.